The zero-order valence-electron chi connectivity index (χ0n) is 20.5. The van der Waals surface area contributed by atoms with Gasteiger partial charge >= 0.3 is 0 Å². The number of aliphatic hydroxyl groups is 1. The van der Waals surface area contributed by atoms with Crippen LogP contribution in [0, 0.1) is 11.8 Å². The molecule has 0 radical (unpaired) electrons. The van der Waals surface area contributed by atoms with Crippen LogP contribution in [-0.2, 0) is 16.0 Å². The van der Waals surface area contributed by atoms with Gasteiger partial charge in [0, 0.05) is 19.4 Å². The van der Waals surface area contributed by atoms with Crippen LogP contribution >= 0.6 is 0 Å². The number of aryl methyl sites for hydroxylation is 1. The monoisotopic (exact) mass is 453 g/mol. The number of carbonyl (C=O) groups excluding carboxylic acids is 2. The Morgan fingerprint density at radius 3 is 2.52 bits per heavy atom. The van der Waals surface area contributed by atoms with Crippen LogP contribution in [-0.4, -0.2) is 29.4 Å². The Kier molecular flexibility index (Phi) is 10.7. The van der Waals surface area contributed by atoms with Gasteiger partial charge in [-0.05, 0) is 87.2 Å². The molecule has 4 nitrogen and oxygen atoms in total. The molecule has 4 heteroatoms. The lowest BCUT2D eigenvalue weighted by molar-refractivity contribution is -0.121. The number of unbranched alkanes of at least 4 members (excludes halogenated alkanes) is 3. The number of nitrogens with one attached hydrogen (secondary N) is 1. The number of ketones is 1. The molecule has 1 saturated carbocycles. The molecule has 1 fully saturated rings. The van der Waals surface area contributed by atoms with Crippen molar-refractivity contribution in [1.82, 2.24) is 5.32 Å². The molecule has 1 amide bonds. The van der Waals surface area contributed by atoms with E-state index in [-0.39, 0.29) is 12.0 Å². The van der Waals surface area contributed by atoms with Crippen LogP contribution in [0.1, 0.15) is 96.0 Å². The lowest BCUT2D eigenvalue weighted by atomic mass is 9.89. The summed E-state index contributed by atoms with van der Waals surface area (Å²) in [6, 6.07) is 10.3. The fourth-order valence-corrected chi connectivity index (χ4v) is 4.92. The van der Waals surface area contributed by atoms with Crippen molar-refractivity contribution in [2.24, 2.45) is 11.8 Å². The third-order valence-electron chi connectivity index (χ3n) is 7.35. The molecule has 2 aliphatic rings. The molecule has 33 heavy (non-hydrogen) atoms. The van der Waals surface area contributed by atoms with E-state index in [0.717, 1.165) is 82.2 Å². The number of rotatable bonds is 16. The highest BCUT2D eigenvalue weighted by Crippen LogP contribution is 2.34. The highest BCUT2D eigenvalue weighted by Gasteiger charge is 2.26. The first-order valence-electron chi connectivity index (χ1n) is 13.3. The lowest BCUT2D eigenvalue weighted by Gasteiger charge is -2.18. The minimum absolute atomic E-state index is 0.192. The molecule has 0 bridgehead atoms. The van der Waals surface area contributed by atoms with Gasteiger partial charge in [0.25, 0.3) is 0 Å². The maximum Gasteiger partial charge on any atom is 0.220 e. The van der Waals surface area contributed by atoms with Crippen LogP contribution in [0.15, 0.2) is 41.5 Å². The summed E-state index contributed by atoms with van der Waals surface area (Å²) in [6.45, 7) is 3.08. The molecular formula is C29H43NO3. The molecule has 0 heterocycles. The first kappa shape index (κ1) is 25.7. The van der Waals surface area contributed by atoms with Gasteiger partial charge in [-0.2, -0.15) is 0 Å². The van der Waals surface area contributed by atoms with Gasteiger partial charge in [-0.1, -0.05) is 55.7 Å². The second-order valence-corrected chi connectivity index (χ2v) is 10.2. The number of aliphatic hydroxyl groups excluding tert-OH is 1. The third-order valence-corrected chi connectivity index (χ3v) is 7.35. The molecule has 0 aromatic heterocycles. The van der Waals surface area contributed by atoms with Crippen molar-refractivity contribution in [1.29, 1.82) is 0 Å². The first-order valence-corrected chi connectivity index (χ1v) is 13.3. The summed E-state index contributed by atoms with van der Waals surface area (Å²) in [5, 5.41) is 13.5. The fourth-order valence-electron chi connectivity index (χ4n) is 4.92. The van der Waals surface area contributed by atoms with Crippen molar-refractivity contribution < 1.29 is 14.7 Å². The Balaban J connectivity index is 1.31. The number of Topliss-reactive ketones (excluding diaryl/α,β-unsaturated/α-hetero) is 1. The van der Waals surface area contributed by atoms with Gasteiger partial charge in [-0.3, -0.25) is 9.59 Å². The predicted octanol–water partition coefficient (Wildman–Crippen LogP) is 5.92. The quantitative estimate of drug-likeness (QED) is 0.305. The lowest BCUT2D eigenvalue weighted by Crippen LogP contribution is -2.25. The summed E-state index contributed by atoms with van der Waals surface area (Å²) in [5.41, 5.74) is 3.69. The van der Waals surface area contributed by atoms with E-state index in [9.17, 15) is 14.7 Å². The number of hydrogen-bond donors (Lipinski definition) is 2. The van der Waals surface area contributed by atoms with Crippen molar-refractivity contribution in [2.45, 2.75) is 103 Å². The SMILES string of the molecule is CC(CCC(O)CCc1ccccc1)C1=C(CCCCCCC(=O)NCC2CC2)C(=O)CC1. The molecule has 0 aliphatic heterocycles. The average Bonchev–Trinajstić information content (AvgIpc) is 3.59. The van der Waals surface area contributed by atoms with E-state index in [0.29, 0.717) is 24.5 Å². The van der Waals surface area contributed by atoms with Crippen LogP contribution in [0.2, 0.25) is 0 Å². The molecule has 182 valence electrons. The summed E-state index contributed by atoms with van der Waals surface area (Å²) >= 11 is 0. The Labute approximate surface area is 200 Å². The molecule has 2 N–H and O–H groups in total. The van der Waals surface area contributed by atoms with Gasteiger partial charge in [-0.25, -0.2) is 0 Å². The minimum Gasteiger partial charge on any atom is -0.393 e. The van der Waals surface area contributed by atoms with Crippen LogP contribution in [0.4, 0.5) is 0 Å². The molecule has 0 saturated heterocycles. The molecule has 0 spiro atoms. The van der Waals surface area contributed by atoms with Gasteiger partial charge < -0.3 is 10.4 Å². The summed E-state index contributed by atoms with van der Waals surface area (Å²) in [7, 11) is 0. The Hall–Kier alpha value is -1.94. The number of amides is 1. The molecule has 2 atom stereocenters. The van der Waals surface area contributed by atoms with Gasteiger partial charge in [0.2, 0.25) is 5.91 Å². The standard InChI is InChI=1S/C29H43NO3/c1-22(13-17-25(31)18-16-23-9-5-4-6-10-23)26-19-20-28(32)27(26)11-7-2-3-8-12-29(33)30-21-24-14-15-24/h4-6,9-10,22,24-25,31H,2-3,7-8,11-21H2,1H3,(H,30,33). The van der Waals surface area contributed by atoms with Gasteiger partial charge in [0.15, 0.2) is 5.78 Å². The van der Waals surface area contributed by atoms with Gasteiger partial charge in [0.1, 0.15) is 0 Å². The van der Waals surface area contributed by atoms with E-state index >= 15 is 0 Å². The molecule has 1 aromatic rings. The second-order valence-electron chi connectivity index (χ2n) is 10.2. The number of carbonyl (C=O) groups is 2. The van der Waals surface area contributed by atoms with E-state index in [1.54, 1.807) is 0 Å². The normalized spacial score (nSPS) is 17.9. The van der Waals surface area contributed by atoms with Gasteiger partial charge in [0.05, 0.1) is 6.10 Å². The Morgan fingerprint density at radius 1 is 1.00 bits per heavy atom. The first-order chi connectivity index (χ1) is 16.0. The predicted molar refractivity (Wildman–Crippen MR) is 134 cm³/mol. The third kappa shape index (κ3) is 9.44. The largest absolute Gasteiger partial charge is 0.393 e. The molecule has 2 aliphatic carbocycles. The molecule has 2 unspecified atom stereocenters. The second kappa shape index (κ2) is 13.7. The molecule has 1 aromatic carbocycles. The topological polar surface area (TPSA) is 66.4 Å². The maximum absolute atomic E-state index is 12.5. The van der Waals surface area contributed by atoms with Crippen molar-refractivity contribution in [3.63, 3.8) is 0 Å². The molecular weight excluding hydrogens is 410 g/mol. The van der Waals surface area contributed by atoms with Gasteiger partial charge in [-0.15, -0.1) is 0 Å². The zero-order chi connectivity index (χ0) is 23.5. The van der Waals surface area contributed by atoms with Crippen LogP contribution in [0.5, 0.6) is 0 Å². The van der Waals surface area contributed by atoms with E-state index in [1.165, 1.54) is 24.0 Å². The van der Waals surface area contributed by atoms with Crippen LogP contribution in [0.3, 0.4) is 0 Å². The van der Waals surface area contributed by atoms with Crippen LogP contribution in [0.25, 0.3) is 0 Å². The average molecular weight is 454 g/mol. The van der Waals surface area contributed by atoms with Crippen molar-refractivity contribution in [3.8, 4) is 0 Å². The number of allylic oxidation sites excluding steroid dienone is 2. The Morgan fingerprint density at radius 2 is 1.76 bits per heavy atom. The van der Waals surface area contributed by atoms with Crippen LogP contribution < -0.4 is 5.32 Å². The van der Waals surface area contributed by atoms with E-state index in [4.69, 9.17) is 0 Å². The summed E-state index contributed by atoms with van der Waals surface area (Å²) in [4.78, 5) is 24.3. The maximum atomic E-state index is 12.5. The highest BCUT2D eigenvalue weighted by atomic mass is 16.3. The van der Waals surface area contributed by atoms with Crippen molar-refractivity contribution in [3.05, 3.63) is 47.0 Å². The number of hydrogen-bond acceptors (Lipinski definition) is 3. The van der Waals surface area contributed by atoms with E-state index < -0.39 is 0 Å². The summed E-state index contributed by atoms with van der Waals surface area (Å²) in [6.07, 6.45) is 12.8. The van der Waals surface area contributed by atoms with Crippen molar-refractivity contribution >= 4 is 11.7 Å². The smallest absolute Gasteiger partial charge is 0.220 e. The molecule has 3 rings (SSSR count). The highest BCUT2D eigenvalue weighted by molar-refractivity contribution is 5.98. The van der Waals surface area contributed by atoms with E-state index in [1.807, 2.05) is 18.2 Å². The summed E-state index contributed by atoms with van der Waals surface area (Å²) in [5.74, 6) is 1.63. The number of benzene rings is 1. The Bertz CT molecular complexity index is 781. The summed E-state index contributed by atoms with van der Waals surface area (Å²) < 4.78 is 0. The minimum atomic E-state index is -0.282. The fraction of sp³-hybridized carbons (Fsp3) is 0.655. The van der Waals surface area contributed by atoms with Crippen molar-refractivity contribution in [2.75, 3.05) is 6.54 Å². The van der Waals surface area contributed by atoms with E-state index in [2.05, 4.69) is 24.4 Å². The zero-order valence-corrected chi connectivity index (χ0v) is 20.5.